The molecule has 0 radical (unpaired) electrons. The van der Waals surface area contributed by atoms with Crippen molar-refractivity contribution in [3.63, 3.8) is 0 Å². The third-order valence-electron chi connectivity index (χ3n) is 5.41. The topological polar surface area (TPSA) is 63.0 Å². The number of benzene rings is 2. The number of nitrogens with zero attached hydrogens (tertiary/aromatic N) is 2. The minimum absolute atomic E-state index is 0.130. The Hall–Kier alpha value is -3.25. The van der Waals surface area contributed by atoms with Crippen LogP contribution in [0.3, 0.4) is 0 Å². The second-order valence-corrected chi connectivity index (χ2v) is 7.90. The van der Waals surface area contributed by atoms with Crippen LogP contribution in [0.2, 0.25) is 5.02 Å². The summed E-state index contributed by atoms with van der Waals surface area (Å²) in [4.78, 5) is 29.6. The van der Waals surface area contributed by atoms with E-state index < -0.39 is 6.04 Å². The van der Waals surface area contributed by atoms with Crippen molar-refractivity contribution in [1.82, 2.24) is 9.80 Å². The van der Waals surface area contributed by atoms with Crippen LogP contribution in [0.5, 0.6) is 5.75 Å². The Morgan fingerprint density at radius 1 is 1.10 bits per heavy atom. The zero-order valence-electron chi connectivity index (χ0n) is 17.2. The molecule has 7 heteroatoms. The first-order valence-corrected chi connectivity index (χ1v) is 10.5. The number of fused-ring (bicyclic) bond motifs is 1. The summed E-state index contributed by atoms with van der Waals surface area (Å²) >= 11 is 5.89. The van der Waals surface area contributed by atoms with Gasteiger partial charge in [0.1, 0.15) is 18.4 Å². The number of amides is 2. The molecule has 1 unspecified atom stereocenters. The third kappa shape index (κ3) is 4.75. The summed E-state index contributed by atoms with van der Waals surface area (Å²) in [7, 11) is 1.73. The van der Waals surface area contributed by atoms with Crippen molar-refractivity contribution >= 4 is 23.4 Å². The number of furan rings is 1. The molecule has 0 bridgehead atoms. The molecule has 0 fully saturated rings. The molecule has 0 saturated heterocycles. The van der Waals surface area contributed by atoms with Crippen LogP contribution in [0.15, 0.2) is 71.3 Å². The molecule has 3 aromatic rings. The summed E-state index contributed by atoms with van der Waals surface area (Å²) in [6.07, 6.45) is 1.92. The van der Waals surface area contributed by atoms with Crippen molar-refractivity contribution in [3.05, 3.63) is 88.8 Å². The van der Waals surface area contributed by atoms with Crippen molar-refractivity contribution in [2.75, 3.05) is 20.2 Å². The summed E-state index contributed by atoms with van der Waals surface area (Å²) in [5.74, 6) is 0.496. The molecule has 1 aliphatic heterocycles. The van der Waals surface area contributed by atoms with Crippen molar-refractivity contribution in [1.29, 1.82) is 0 Å². The van der Waals surface area contributed by atoms with Crippen LogP contribution in [0.4, 0.5) is 0 Å². The number of carbonyl (C=O) groups excluding carboxylic acids is 2. The second-order valence-electron chi connectivity index (χ2n) is 7.46. The molecule has 0 N–H and O–H groups in total. The van der Waals surface area contributed by atoms with Crippen molar-refractivity contribution < 1.29 is 18.7 Å². The zero-order valence-corrected chi connectivity index (χ0v) is 17.9. The fraction of sp³-hybridized carbons (Fsp3) is 0.250. The number of rotatable bonds is 6. The van der Waals surface area contributed by atoms with E-state index in [-0.39, 0.29) is 17.6 Å². The van der Waals surface area contributed by atoms with Gasteiger partial charge in [0, 0.05) is 25.0 Å². The lowest BCUT2D eigenvalue weighted by molar-refractivity contribution is -0.135. The summed E-state index contributed by atoms with van der Waals surface area (Å²) in [6.45, 7) is 1.09. The van der Waals surface area contributed by atoms with Crippen molar-refractivity contribution in [2.45, 2.75) is 19.0 Å². The van der Waals surface area contributed by atoms with Gasteiger partial charge in [0.05, 0.1) is 12.8 Å². The van der Waals surface area contributed by atoms with Gasteiger partial charge in [0.25, 0.3) is 5.91 Å². The smallest absolute Gasteiger partial charge is 0.290 e. The highest BCUT2D eigenvalue weighted by atomic mass is 35.5. The van der Waals surface area contributed by atoms with Gasteiger partial charge in [-0.15, -0.1) is 0 Å². The maximum Gasteiger partial charge on any atom is 0.290 e. The van der Waals surface area contributed by atoms with Gasteiger partial charge in [0.2, 0.25) is 5.91 Å². The van der Waals surface area contributed by atoms with Gasteiger partial charge in [0.15, 0.2) is 5.76 Å². The van der Waals surface area contributed by atoms with E-state index in [1.54, 1.807) is 53.2 Å². The average Bonchev–Trinajstić information content (AvgIpc) is 3.33. The van der Waals surface area contributed by atoms with Crippen molar-refractivity contribution in [3.8, 4) is 5.75 Å². The molecule has 0 spiro atoms. The molecule has 2 amide bonds. The summed E-state index contributed by atoms with van der Waals surface area (Å²) in [5.41, 5.74) is 2.12. The van der Waals surface area contributed by atoms with Gasteiger partial charge in [-0.3, -0.25) is 9.59 Å². The lowest BCUT2D eigenvalue weighted by atomic mass is 9.93. The van der Waals surface area contributed by atoms with E-state index in [0.717, 1.165) is 11.1 Å². The SMILES string of the molecule is CN(CCOc1ccc(Cl)cc1)C(=O)C1Cc2ccccc2CN1C(=O)c1ccco1. The first-order valence-electron chi connectivity index (χ1n) is 10.1. The minimum Gasteiger partial charge on any atom is -0.492 e. The van der Waals surface area contributed by atoms with E-state index in [0.29, 0.717) is 36.9 Å². The predicted molar refractivity (Wildman–Crippen MR) is 117 cm³/mol. The van der Waals surface area contributed by atoms with Gasteiger partial charge < -0.3 is 19.0 Å². The number of halogens is 1. The molecule has 4 rings (SSSR count). The number of hydrogen-bond acceptors (Lipinski definition) is 4. The van der Waals surface area contributed by atoms with Gasteiger partial charge in [-0.25, -0.2) is 0 Å². The van der Waals surface area contributed by atoms with Gasteiger partial charge in [-0.1, -0.05) is 35.9 Å². The molecule has 1 aliphatic rings. The molecule has 2 heterocycles. The molecule has 160 valence electrons. The Morgan fingerprint density at radius 3 is 2.55 bits per heavy atom. The Labute approximate surface area is 186 Å². The quantitative estimate of drug-likeness (QED) is 0.582. The molecule has 0 aliphatic carbocycles. The van der Waals surface area contributed by atoms with Crippen LogP contribution in [0.25, 0.3) is 0 Å². The van der Waals surface area contributed by atoms with E-state index in [1.165, 1.54) is 6.26 Å². The largest absolute Gasteiger partial charge is 0.492 e. The Bertz CT molecular complexity index is 1050. The average molecular weight is 439 g/mol. The molecule has 31 heavy (non-hydrogen) atoms. The highest BCUT2D eigenvalue weighted by Gasteiger charge is 2.37. The fourth-order valence-electron chi connectivity index (χ4n) is 3.69. The third-order valence-corrected chi connectivity index (χ3v) is 5.66. The highest BCUT2D eigenvalue weighted by Crippen LogP contribution is 2.26. The standard InChI is InChI=1S/C24H23ClN2O4/c1-26(12-14-30-20-10-8-19(25)9-11-20)23(28)21-15-17-5-2-3-6-18(17)16-27(21)24(29)22-7-4-13-31-22/h2-11,13,21H,12,14-16H2,1H3. The molecule has 1 atom stereocenters. The maximum atomic E-state index is 13.3. The number of likely N-dealkylation sites (N-methyl/N-ethyl adjacent to an activating group) is 1. The molecule has 6 nitrogen and oxygen atoms in total. The van der Waals surface area contributed by atoms with E-state index in [1.807, 2.05) is 24.3 Å². The summed E-state index contributed by atoms with van der Waals surface area (Å²) < 4.78 is 11.0. The van der Waals surface area contributed by atoms with Crippen molar-refractivity contribution in [2.24, 2.45) is 0 Å². The lowest BCUT2D eigenvalue weighted by Crippen LogP contribution is -2.53. The summed E-state index contributed by atoms with van der Waals surface area (Å²) in [6, 6.07) is 17.6. The van der Waals surface area contributed by atoms with Gasteiger partial charge in [-0.2, -0.15) is 0 Å². The normalized spacial score (nSPS) is 15.3. The van der Waals surface area contributed by atoms with Crippen LogP contribution in [-0.4, -0.2) is 47.9 Å². The van der Waals surface area contributed by atoms with E-state index in [2.05, 4.69) is 0 Å². The first-order chi connectivity index (χ1) is 15.0. The van der Waals surface area contributed by atoms with Crippen LogP contribution in [0.1, 0.15) is 21.7 Å². The lowest BCUT2D eigenvalue weighted by Gasteiger charge is -2.37. The van der Waals surface area contributed by atoms with Crippen LogP contribution < -0.4 is 4.74 Å². The maximum absolute atomic E-state index is 13.3. The van der Waals surface area contributed by atoms with Crippen LogP contribution in [0, 0.1) is 0 Å². The molecule has 0 saturated carbocycles. The molecule has 1 aromatic heterocycles. The molecular formula is C24H23ClN2O4. The van der Waals surface area contributed by atoms with Crippen LogP contribution in [-0.2, 0) is 17.8 Å². The summed E-state index contributed by atoms with van der Waals surface area (Å²) in [5, 5.41) is 0.638. The first kappa shape index (κ1) is 21.0. The predicted octanol–water partition coefficient (Wildman–Crippen LogP) is 4.04. The van der Waals surface area contributed by atoms with E-state index in [4.69, 9.17) is 20.8 Å². The Morgan fingerprint density at radius 2 is 1.84 bits per heavy atom. The second kappa shape index (κ2) is 9.27. The highest BCUT2D eigenvalue weighted by molar-refractivity contribution is 6.30. The molecular weight excluding hydrogens is 416 g/mol. The minimum atomic E-state index is -0.604. The van der Waals surface area contributed by atoms with E-state index >= 15 is 0 Å². The number of ether oxygens (including phenoxy) is 1. The van der Waals surface area contributed by atoms with Gasteiger partial charge in [-0.05, 0) is 47.5 Å². The molecule has 2 aromatic carbocycles. The number of carbonyl (C=O) groups is 2. The van der Waals surface area contributed by atoms with Gasteiger partial charge >= 0.3 is 0 Å². The fourth-order valence-corrected chi connectivity index (χ4v) is 3.82. The Balaban J connectivity index is 1.46. The zero-order chi connectivity index (χ0) is 21.8. The van der Waals surface area contributed by atoms with E-state index in [9.17, 15) is 9.59 Å². The number of hydrogen-bond donors (Lipinski definition) is 0. The van der Waals surface area contributed by atoms with Crippen LogP contribution >= 0.6 is 11.6 Å². The Kier molecular flexibility index (Phi) is 6.28. The monoisotopic (exact) mass is 438 g/mol.